The van der Waals surface area contributed by atoms with Gasteiger partial charge in [0.25, 0.3) is 0 Å². The van der Waals surface area contributed by atoms with Crippen LogP contribution >= 0.6 is 24.0 Å². The van der Waals surface area contributed by atoms with Crippen LogP contribution in [0.3, 0.4) is 0 Å². The zero-order valence-corrected chi connectivity index (χ0v) is 18.2. The number of aliphatic imine (C=N–C) groups is 1. The van der Waals surface area contributed by atoms with Crippen molar-refractivity contribution in [2.45, 2.75) is 43.2 Å². The largest absolute Gasteiger partial charge is 0.373 e. The van der Waals surface area contributed by atoms with Gasteiger partial charge < -0.3 is 15.4 Å². The molecule has 0 amide bonds. The molecule has 2 atom stereocenters. The molecule has 4 rings (SSSR count). The summed E-state index contributed by atoms with van der Waals surface area (Å²) in [6.07, 6.45) is 4.94. The van der Waals surface area contributed by atoms with E-state index in [4.69, 9.17) is 4.74 Å². The highest BCUT2D eigenvalue weighted by Gasteiger charge is 2.44. The van der Waals surface area contributed by atoms with Crippen LogP contribution in [0.15, 0.2) is 29.3 Å². The first kappa shape index (κ1) is 20.8. The molecule has 2 heterocycles. The molecule has 3 aliphatic rings. The van der Waals surface area contributed by atoms with E-state index in [2.05, 4.69) is 20.5 Å². The first-order valence-electron chi connectivity index (χ1n) is 9.75. The van der Waals surface area contributed by atoms with Crippen molar-refractivity contribution >= 4 is 29.9 Å². The first-order valence-corrected chi connectivity index (χ1v) is 9.75. The molecule has 0 spiro atoms. The summed E-state index contributed by atoms with van der Waals surface area (Å²) < 4.78 is 19.5. The van der Waals surface area contributed by atoms with Crippen molar-refractivity contribution in [2.75, 3.05) is 39.8 Å². The Morgan fingerprint density at radius 1 is 1.37 bits per heavy atom. The van der Waals surface area contributed by atoms with Gasteiger partial charge in [-0.1, -0.05) is 12.1 Å². The van der Waals surface area contributed by atoms with Gasteiger partial charge in [-0.25, -0.2) is 4.39 Å². The molecule has 7 heteroatoms. The fourth-order valence-electron chi connectivity index (χ4n) is 4.23. The molecule has 0 bridgehead atoms. The number of hydrogen-bond acceptors (Lipinski definition) is 3. The van der Waals surface area contributed by atoms with Crippen LogP contribution in [0, 0.1) is 5.82 Å². The third-order valence-corrected chi connectivity index (χ3v) is 6.07. The molecule has 150 valence electrons. The molecule has 0 aromatic heterocycles. The average molecular weight is 488 g/mol. The molecule has 1 saturated carbocycles. The lowest BCUT2D eigenvalue weighted by Gasteiger charge is -2.35. The Morgan fingerprint density at radius 3 is 2.96 bits per heavy atom. The summed E-state index contributed by atoms with van der Waals surface area (Å²) in [5.74, 6) is 0.630. The highest BCUT2D eigenvalue weighted by atomic mass is 127. The van der Waals surface area contributed by atoms with E-state index in [-0.39, 0.29) is 41.3 Å². The van der Waals surface area contributed by atoms with Crippen LogP contribution in [-0.4, -0.2) is 62.8 Å². The Bertz CT molecular complexity index is 667. The number of hydrogen-bond donors (Lipinski definition) is 2. The molecule has 2 N–H and O–H groups in total. The van der Waals surface area contributed by atoms with E-state index in [0.717, 1.165) is 50.6 Å². The van der Waals surface area contributed by atoms with E-state index >= 15 is 0 Å². The summed E-state index contributed by atoms with van der Waals surface area (Å²) in [4.78, 5) is 6.88. The number of fused-ring (bicyclic) bond motifs is 1. The lowest BCUT2D eigenvalue weighted by Crippen LogP contribution is -2.51. The Labute approximate surface area is 178 Å². The van der Waals surface area contributed by atoms with Crippen LogP contribution in [0.1, 0.15) is 31.2 Å². The van der Waals surface area contributed by atoms with E-state index in [1.54, 1.807) is 19.2 Å². The molecule has 1 aromatic rings. The second-order valence-corrected chi connectivity index (χ2v) is 7.84. The Kier molecular flexibility index (Phi) is 6.97. The van der Waals surface area contributed by atoms with Gasteiger partial charge in [0.05, 0.1) is 12.7 Å². The van der Waals surface area contributed by atoms with Gasteiger partial charge in [-0.3, -0.25) is 9.89 Å². The van der Waals surface area contributed by atoms with E-state index < -0.39 is 0 Å². The van der Waals surface area contributed by atoms with E-state index in [9.17, 15) is 4.39 Å². The van der Waals surface area contributed by atoms with Gasteiger partial charge in [0.1, 0.15) is 5.82 Å². The predicted molar refractivity (Wildman–Crippen MR) is 116 cm³/mol. The highest BCUT2D eigenvalue weighted by Crippen LogP contribution is 2.47. The maximum atomic E-state index is 13.5. The van der Waals surface area contributed by atoms with Crippen LogP contribution in [0.25, 0.3) is 0 Å². The minimum atomic E-state index is -0.161. The summed E-state index contributed by atoms with van der Waals surface area (Å²) in [5, 5.41) is 6.82. The van der Waals surface area contributed by atoms with Gasteiger partial charge in [0, 0.05) is 38.1 Å². The molecule has 3 fully saturated rings. The van der Waals surface area contributed by atoms with Crippen LogP contribution in [0.2, 0.25) is 0 Å². The molecule has 0 radical (unpaired) electrons. The van der Waals surface area contributed by atoms with E-state index in [0.29, 0.717) is 6.04 Å². The van der Waals surface area contributed by atoms with Crippen molar-refractivity contribution in [3.8, 4) is 0 Å². The van der Waals surface area contributed by atoms with Crippen LogP contribution in [0.4, 0.5) is 4.39 Å². The molecule has 27 heavy (non-hydrogen) atoms. The minimum Gasteiger partial charge on any atom is -0.373 e. The molecule has 2 aliphatic heterocycles. The fourth-order valence-corrected chi connectivity index (χ4v) is 4.23. The number of guanidine groups is 1. The summed E-state index contributed by atoms with van der Waals surface area (Å²) in [7, 11) is 1.79. The van der Waals surface area contributed by atoms with E-state index in [1.807, 2.05) is 6.07 Å². The van der Waals surface area contributed by atoms with Crippen molar-refractivity contribution in [2.24, 2.45) is 4.99 Å². The maximum absolute atomic E-state index is 13.5. The Morgan fingerprint density at radius 2 is 2.22 bits per heavy atom. The second-order valence-electron chi connectivity index (χ2n) is 7.84. The van der Waals surface area contributed by atoms with Crippen molar-refractivity contribution in [1.82, 2.24) is 15.5 Å². The number of benzene rings is 1. The number of rotatable bonds is 5. The van der Waals surface area contributed by atoms with Crippen molar-refractivity contribution < 1.29 is 9.13 Å². The molecular weight excluding hydrogens is 458 g/mol. The lowest BCUT2D eigenvalue weighted by atomic mass is 9.96. The minimum absolute atomic E-state index is 0. The smallest absolute Gasteiger partial charge is 0.191 e. The van der Waals surface area contributed by atoms with Crippen LogP contribution < -0.4 is 10.6 Å². The normalized spacial score (nSPS) is 26.8. The summed E-state index contributed by atoms with van der Waals surface area (Å²) in [6.45, 7) is 4.59. The molecule has 1 aliphatic carbocycles. The van der Waals surface area contributed by atoms with Gasteiger partial charge in [-0.15, -0.1) is 24.0 Å². The second kappa shape index (κ2) is 9.05. The van der Waals surface area contributed by atoms with Gasteiger partial charge in [0.2, 0.25) is 0 Å². The standard InChI is InChI=1S/C20H29FN4O.HI/c1-22-19(23-11-18-12-25-9-3-6-17(25)13-26-18)24-14-20(7-8-20)15-4-2-5-16(21)10-15;/h2,4-5,10,17-18H,3,6-9,11-14H2,1H3,(H2,22,23,24);1H. The predicted octanol–water partition coefficient (Wildman–Crippen LogP) is 2.50. The zero-order chi connectivity index (χ0) is 18.0. The van der Waals surface area contributed by atoms with Crippen molar-refractivity contribution in [1.29, 1.82) is 0 Å². The number of nitrogens with one attached hydrogen (secondary N) is 2. The monoisotopic (exact) mass is 488 g/mol. The number of morpholine rings is 1. The van der Waals surface area contributed by atoms with Crippen molar-refractivity contribution in [3.63, 3.8) is 0 Å². The third kappa shape index (κ3) is 4.92. The van der Waals surface area contributed by atoms with Gasteiger partial charge in [0.15, 0.2) is 5.96 Å². The number of nitrogens with zero attached hydrogens (tertiary/aromatic N) is 2. The summed E-state index contributed by atoms with van der Waals surface area (Å²) in [5.41, 5.74) is 1.13. The number of halogens is 2. The van der Waals surface area contributed by atoms with Crippen LogP contribution in [-0.2, 0) is 10.2 Å². The zero-order valence-electron chi connectivity index (χ0n) is 15.9. The topological polar surface area (TPSA) is 48.9 Å². The highest BCUT2D eigenvalue weighted by molar-refractivity contribution is 14.0. The Balaban J connectivity index is 0.00000210. The molecule has 2 saturated heterocycles. The SMILES string of the molecule is CN=C(NCC1CN2CCCC2CO1)NCC1(c2cccc(F)c2)CC1.I. The summed E-state index contributed by atoms with van der Waals surface area (Å²) in [6, 6.07) is 7.61. The molecule has 5 nitrogen and oxygen atoms in total. The van der Waals surface area contributed by atoms with Gasteiger partial charge in [-0.2, -0.15) is 0 Å². The summed E-state index contributed by atoms with van der Waals surface area (Å²) >= 11 is 0. The third-order valence-electron chi connectivity index (χ3n) is 6.07. The molecule has 2 unspecified atom stereocenters. The molecule has 1 aromatic carbocycles. The van der Waals surface area contributed by atoms with Gasteiger partial charge >= 0.3 is 0 Å². The lowest BCUT2D eigenvalue weighted by molar-refractivity contribution is -0.0453. The van der Waals surface area contributed by atoms with E-state index in [1.165, 1.54) is 25.5 Å². The fraction of sp³-hybridized carbons (Fsp3) is 0.650. The molecular formula is C20H30FIN4O. The quantitative estimate of drug-likeness (QED) is 0.380. The van der Waals surface area contributed by atoms with Gasteiger partial charge in [-0.05, 0) is 49.9 Å². The Hall–Kier alpha value is -0.930. The average Bonchev–Trinajstić information content (AvgIpc) is 3.31. The number of ether oxygens (including phenoxy) is 1. The van der Waals surface area contributed by atoms with Crippen molar-refractivity contribution in [3.05, 3.63) is 35.6 Å². The maximum Gasteiger partial charge on any atom is 0.191 e. The van der Waals surface area contributed by atoms with Crippen LogP contribution in [0.5, 0.6) is 0 Å². The first-order chi connectivity index (χ1) is 12.7.